The first-order valence-corrected chi connectivity index (χ1v) is 7.12. The lowest BCUT2D eigenvalue weighted by molar-refractivity contribution is 0.709. The predicted octanol–water partition coefficient (Wildman–Crippen LogP) is 4.06. The van der Waals surface area contributed by atoms with Crippen molar-refractivity contribution in [2.45, 2.75) is 13.1 Å². The fourth-order valence-electron chi connectivity index (χ4n) is 2.55. The monoisotopic (exact) mass is 284 g/mol. The fourth-order valence-corrected chi connectivity index (χ4v) is 2.68. The highest BCUT2D eigenvalue weighted by Gasteiger charge is 2.08. The van der Waals surface area contributed by atoms with Crippen molar-refractivity contribution < 1.29 is 0 Å². The molecule has 102 valence electrons. The molecule has 0 bridgehead atoms. The molecule has 1 N–H and O–H groups in total. The molecule has 0 fully saturated rings. The van der Waals surface area contributed by atoms with Gasteiger partial charge in [0.05, 0.1) is 0 Å². The van der Waals surface area contributed by atoms with Crippen molar-refractivity contribution >= 4 is 22.5 Å². The predicted molar refractivity (Wildman–Crippen MR) is 85.3 cm³/mol. The van der Waals surface area contributed by atoms with Gasteiger partial charge in [-0.15, -0.1) is 0 Å². The normalized spacial score (nSPS) is 11.1. The molecule has 0 aliphatic rings. The molecule has 0 saturated carbocycles. The second-order valence-electron chi connectivity index (χ2n) is 4.94. The van der Waals surface area contributed by atoms with Crippen LogP contribution in [0.4, 0.5) is 0 Å². The van der Waals surface area contributed by atoms with Crippen LogP contribution in [0.15, 0.2) is 54.6 Å². The molecule has 0 radical (unpaired) electrons. The topological polar surface area (TPSA) is 17.0 Å². The third-order valence-electron chi connectivity index (χ3n) is 3.51. The summed E-state index contributed by atoms with van der Waals surface area (Å²) >= 11 is 5.95. The Hall–Kier alpha value is -1.77. The summed E-state index contributed by atoms with van der Waals surface area (Å²) in [5.74, 6) is 0. The highest BCUT2D eigenvalue weighted by Crippen LogP contribution is 2.21. The summed E-state index contributed by atoms with van der Waals surface area (Å²) < 4.78 is 2.36. The lowest BCUT2D eigenvalue weighted by Crippen LogP contribution is -2.11. The molecule has 1 heterocycles. The van der Waals surface area contributed by atoms with Crippen molar-refractivity contribution in [1.29, 1.82) is 0 Å². The minimum Gasteiger partial charge on any atom is -0.339 e. The average molecular weight is 285 g/mol. The molecule has 0 saturated heterocycles. The second-order valence-corrected chi connectivity index (χ2v) is 5.37. The van der Waals surface area contributed by atoms with E-state index < -0.39 is 0 Å². The molecule has 2 nitrogen and oxygen atoms in total. The van der Waals surface area contributed by atoms with Crippen molar-refractivity contribution in [3.63, 3.8) is 0 Å². The Labute approximate surface area is 124 Å². The molecule has 3 heteroatoms. The molecular weight excluding hydrogens is 268 g/mol. The third-order valence-corrected chi connectivity index (χ3v) is 3.76. The van der Waals surface area contributed by atoms with Crippen LogP contribution < -0.4 is 5.32 Å². The molecule has 0 amide bonds. The van der Waals surface area contributed by atoms with Crippen molar-refractivity contribution in [2.75, 3.05) is 7.05 Å². The van der Waals surface area contributed by atoms with Crippen molar-refractivity contribution in [3.05, 3.63) is 70.9 Å². The summed E-state index contributed by atoms with van der Waals surface area (Å²) in [6.07, 6.45) is 0. The van der Waals surface area contributed by atoms with Gasteiger partial charge in [0.15, 0.2) is 0 Å². The van der Waals surface area contributed by atoms with Crippen LogP contribution in [0, 0.1) is 0 Å². The minimum absolute atomic E-state index is 0.779. The Bertz CT molecular complexity index is 713. The van der Waals surface area contributed by atoms with Crippen LogP contribution in [0.25, 0.3) is 10.9 Å². The summed E-state index contributed by atoms with van der Waals surface area (Å²) in [4.78, 5) is 0. The lowest BCUT2D eigenvalue weighted by Gasteiger charge is -2.11. The first-order chi connectivity index (χ1) is 9.78. The van der Waals surface area contributed by atoms with E-state index in [4.69, 9.17) is 11.6 Å². The number of nitrogens with zero attached hydrogens (tertiary/aromatic N) is 1. The maximum atomic E-state index is 5.95. The van der Waals surface area contributed by atoms with E-state index in [9.17, 15) is 0 Å². The molecule has 0 spiro atoms. The third kappa shape index (κ3) is 2.58. The van der Waals surface area contributed by atoms with E-state index in [1.54, 1.807) is 0 Å². The van der Waals surface area contributed by atoms with E-state index in [-0.39, 0.29) is 0 Å². The number of aromatic nitrogens is 1. The Morgan fingerprint density at radius 2 is 1.80 bits per heavy atom. The summed E-state index contributed by atoms with van der Waals surface area (Å²) in [7, 11) is 1.98. The largest absolute Gasteiger partial charge is 0.339 e. The number of para-hydroxylation sites is 1. The highest BCUT2D eigenvalue weighted by molar-refractivity contribution is 6.30. The van der Waals surface area contributed by atoms with Gasteiger partial charge in [-0.25, -0.2) is 0 Å². The van der Waals surface area contributed by atoms with E-state index in [0.717, 1.165) is 18.1 Å². The standard InChI is InChI=1S/C17H17ClN2/c1-19-11-16-10-14-4-2-3-5-17(14)20(16)12-13-6-8-15(18)9-7-13/h2-10,19H,11-12H2,1H3. The van der Waals surface area contributed by atoms with Gasteiger partial charge in [-0.2, -0.15) is 0 Å². The Balaban J connectivity index is 2.04. The van der Waals surface area contributed by atoms with Crippen LogP contribution in [0.5, 0.6) is 0 Å². The van der Waals surface area contributed by atoms with Gasteiger partial charge in [0.1, 0.15) is 0 Å². The van der Waals surface area contributed by atoms with E-state index in [1.165, 1.54) is 22.2 Å². The van der Waals surface area contributed by atoms with Gasteiger partial charge < -0.3 is 9.88 Å². The first-order valence-electron chi connectivity index (χ1n) is 6.74. The zero-order valence-electron chi connectivity index (χ0n) is 11.4. The van der Waals surface area contributed by atoms with Gasteiger partial charge in [-0.1, -0.05) is 41.9 Å². The van der Waals surface area contributed by atoms with Gasteiger partial charge in [0.25, 0.3) is 0 Å². The van der Waals surface area contributed by atoms with E-state index in [1.807, 2.05) is 19.2 Å². The minimum atomic E-state index is 0.779. The lowest BCUT2D eigenvalue weighted by atomic mass is 10.2. The zero-order chi connectivity index (χ0) is 13.9. The first kappa shape index (κ1) is 13.2. The van der Waals surface area contributed by atoms with Gasteiger partial charge in [-0.05, 0) is 42.3 Å². The SMILES string of the molecule is CNCc1cc2ccccc2n1Cc1ccc(Cl)cc1. The maximum absolute atomic E-state index is 5.95. The molecule has 20 heavy (non-hydrogen) atoms. The van der Waals surface area contributed by atoms with E-state index in [2.05, 4.69) is 52.3 Å². The quantitative estimate of drug-likeness (QED) is 0.764. The van der Waals surface area contributed by atoms with Crippen molar-refractivity contribution in [3.8, 4) is 0 Å². The number of fused-ring (bicyclic) bond motifs is 1. The average Bonchev–Trinajstić information content (AvgIpc) is 2.80. The van der Waals surface area contributed by atoms with Crippen LogP contribution in [-0.2, 0) is 13.1 Å². The number of hydrogen-bond acceptors (Lipinski definition) is 1. The second kappa shape index (κ2) is 5.70. The molecule has 0 atom stereocenters. The molecule has 3 rings (SSSR count). The van der Waals surface area contributed by atoms with Crippen LogP contribution in [0.3, 0.4) is 0 Å². The Kier molecular flexibility index (Phi) is 3.77. The molecular formula is C17H17ClN2. The maximum Gasteiger partial charge on any atom is 0.0486 e. The van der Waals surface area contributed by atoms with Crippen LogP contribution in [0.1, 0.15) is 11.3 Å². The summed E-state index contributed by atoms with van der Waals surface area (Å²) in [5, 5.41) is 5.30. The molecule has 0 aliphatic carbocycles. The number of halogens is 1. The number of nitrogens with one attached hydrogen (secondary N) is 1. The number of benzene rings is 2. The molecule has 0 aliphatic heterocycles. The van der Waals surface area contributed by atoms with Crippen LogP contribution >= 0.6 is 11.6 Å². The Morgan fingerprint density at radius 1 is 1.05 bits per heavy atom. The van der Waals surface area contributed by atoms with Crippen molar-refractivity contribution in [2.24, 2.45) is 0 Å². The summed E-state index contributed by atoms with van der Waals surface area (Å²) in [6.45, 7) is 1.73. The Morgan fingerprint density at radius 3 is 2.55 bits per heavy atom. The molecule has 3 aromatic rings. The zero-order valence-corrected chi connectivity index (χ0v) is 12.2. The fraction of sp³-hybridized carbons (Fsp3) is 0.176. The van der Waals surface area contributed by atoms with Gasteiger partial charge in [0.2, 0.25) is 0 Å². The summed E-state index contributed by atoms with van der Waals surface area (Å²) in [5.41, 5.74) is 3.82. The van der Waals surface area contributed by atoms with E-state index in [0.29, 0.717) is 0 Å². The van der Waals surface area contributed by atoms with Crippen molar-refractivity contribution in [1.82, 2.24) is 9.88 Å². The smallest absolute Gasteiger partial charge is 0.0486 e. The van der Waals surface area contributed by atoms with Gasteiger partial charge in [-0.3, -0.25) is 0 Å². The molecule has 0 unspecified atom stereocenters. The van der Waals surface area contributed by atoms with Gasteiger partial charge >= 0.3 is 0 Å². The highest BCUT2D eigenvalue weighted by atomic mass is 35.5. The van der Waals surface area contributed by atoms with Crippen LogP contribution in [-0.4, -0.2) is 11.6 Å². The number of hydrogen-bond donors (Lipinski definition) is 1. The summed E-state index contributed by atoms with van der Waals surface area (Å²) in [6, 6.07) is 18.8. The molecule has 1 aromatic heterocycles. The van der Waals surface area contributed by atoms with Crippen LogP contribution in [0.2, 0.25) is 5.02 Å². The van der Waals surface area contributed by atoms with Gasteiger partial charge in [0, 0.05) is 29.3 Å². The number of rotatable bonds is 4. The van der Waals surface area contributed by atoms with E-state index >= 15 is 0 Å². The molecule has 2 aromatic carbocycles.